The minimum Gasteiger partial charge on any atom is -0.309 e. The first-order valence-corrected chi connectivity index (χ1v) is 7.73. The van der Waals surface area contributed by atoms with Crippen LogP contribution in [0.25, 0.3) is 0 Å². The van der Waals surface area contributed by atoms with Crippen LogP contribution in [-0.2, 0) is 0 Å². The Hall–Kier alpha value is -0.0800. The molecule has 0 rings (SSSR count). The fraction of sp³-hybridized carbons (Fsp3) is 1.00. The highest BCUT2D eigenvalue weighted by Gasteiger charge is 2.12. The molecule has 0 aromatic rings. The molecule has 2 unspecified atom stereocenters. The summed E-state index contributed by atoms with van der Waals surface area (Å²) in [5.74, 6) is 1.69. The van der Waals surface area contributed by atoms with Crippen molar-refractivity contribution in [1.29, 1.82) is 0 Å². The van der Waals surface area contributed by atoms with Crippen LogP contribution in [0.2, 0.25) is 0 Å². The summed E-state index contributed by atoms with van der Waals surface area (Å²) in [6, 6.07) is 0. The van der Waals surface area contributed by atoms with Crippen LogP contribution in [0.1, 0.15) is 54.4 Å². The Morgan fingerprint density at radius 2 is 0.833 bits per heavy atom. The molecule has 0 aliphatic carbocycles. The maximum Gasteiger partial charge on any atom is -0.00222 e. The van der Waals surface area contributed by atoms with Crippen molar-refractivity contribution < 1.29 is 0 Å². The van der Waals surface area contributed by atoms with Crippen LogP contribution in [0.5, 0.6) is 0 Å². The van der Waals surface area contributed by atoms with E-state index in [0.29, 0.717) is 0 Å². The third-order valence-corrected chi connectivity index (χ3v) is 3.03. The summed E-state index contributed by atoms with van der Waals surface area (Å²) in [6.07, 6.45) is 2.64. The molecule has 0 aromatic carbocycles. The van der Waals surface area contributed by atoms with Crippen molar-refractivity contribution in [3.63, 3.8) is 0 Å². The van der Waals surface area contributed by atoms with Gasteiger partial charge in [-0.3, -0.25) is 0 Å². The molecule has 0 heterocycles. The van der Waals surface area contributed by atoms with Gasteiger partial charge in [0.05, 0.1) is 0 Å². The van der Waals surface area contributed by atoms with E-state index in [-0.39, 0.29) is 0 Å². The molecule has 0 fully saturated rings. The molecule has 0 saturated heterocycles. The largest absolute Gasteiger partial charge is 0.309 e. The minimum absolute atomic E-state index is 0.845. The van der Waals surface area contributed by atoms with Gasteiger partial charge in [0.2, 0.25) is 0 Å². The Morgan fingerprint density at radius 1 is 0.611 bits per heavy atom. The molecular weight excluding hydrogens is 220 g/mol. The van der Waals surface area contributed by atoms with Gasteiger partial charge >= 0.3 is 0 Å². The lowest BCUT2D eigenvalue weighted by atomic mass is 9.90. The van der Waals surface area contributed by atoms with E-state index in [2.05, 4.69) is 51.8 Å². The average Bonchev–Trinajstić information content (AvgIpc) is 2.37. The second kappa shape index (κ2) is 16.9. The molecule has 0 saturated carbocycles. The fourth-order valence-corrected chi connectivity index (χ4v) is 1.49. The van der Waals surface area contributed by atoms with Crippen molar-refractivity contribution in [2.24, 2.45) is 11.8 Å². The Bertz CT molecular complexity index is 117. The molecule has 0 N–H and O–H groups in total. The Balaban J connectivity index is -0.000000506. The molecule has 0 spiro atoms. The van der Waals surface area contributed by atoms with Crippen LogP contribution < -0.4 is 0 Å². The minimum atomic E-state index is 0.845. The zero-order valence-corrected chi connectivity index (χ0v) is 14.9. The smallest absolute Gasteiger partial charge is 0.00222 e. The highest BCUT2D eigenvalue weighted by Crippen LogP contribution is 2.18. The number of hydrogen-bond donors (Lipinski definition) is 0. The molecule has 0 aliphatic heterocycles. The molecule has 0 bridgehead atoms. The molecular formula is C16H40N2. The summed E-state index contributed by atoms with van der Waals surface area (Å²) >= 11 is 0. The molecule has 0 aromatic heterocycles. The maximum absolute atomic E-state index is 2.38. The van der Waals surface area contributed by atoms with E-state index >= 15 is 0 Å². The van der Waals surface area contributed by atoms with E-state index in [1.807, 2.05) is 27.7 Å². The molecule has 0 amide bonds. The van der Waals surface area contributed by atoms with Crippen LogP contribution in [0, 0.1) is 11.8 Å². The summed E-state index contributed by atoms with van der Waals surface area (Å²) < 4.78 is 0. The van der Waals surface area contributed by atoms with Gasteiger partial charge in [0, 0.05) is 0 Å². The van der Waals surface area contributed by atoms with Crippen molar-refractivity contribution in [1.82, 2.24) is 9.80 Å². The zero-order valence-electron chi connectivity index (χ0n) is 14.9. The lowest BCUT2D eigenvalue weighted by molar-refractivity contribution is 0.268. The first-order valence-electron chi connectivity index (χ1n) is 7.73. The van der Waals surface area contributed by atoms with Crippen molar-refractivity contribution in [3.8, 4) is 0 Å². The van der Waals surface area contributed by atoms with Crippen LogP contribution in [0.4, 0.5) is 0 Å². The summed E-state index contributed by atoms with van der Waals surface area (Å²) in [5, 5.41) is 0. The Morgan fingerprint density at radius 3 is 1.00 bits per heavy atom. The van der Waals surface area contributed by atoms with E-state index in [9.17, 15) is 0 Å². The van der Waals surface area contributed by atoms with Gasteiger partial charge in [0.15, 0.2) is 0 Å². The Labute approximate surface area is 118 Å². The van der Waals surface area contributed by atoms with Gasteiger partial charge in [0.1, 0.15) is 0 Å². The van der Waals surface area contributed by atoms with E-state index in [1.54, 1.807) is 0 Å². The second-order valence-electron chi connectivity index (χ2n) is 5.14. The quantitative estimate of drug-likeness (QED) is 0.676. The normalized spacial score (nSPS) is 13.3. The predicted octanol–water partition coefficient (Wildman–Crippen LogP) is 4.21. The molecule has 2 heteroatoms. The maximum atomic E-state index is 2.38. The SMILES string of the molecule is CC.CC.CC(CCN(C)C)C(C)CCN(C)C. The number of rotatable bonds is 7. The lowest BCUT2D eigenvalue weighted by Crippen LogP contribution is -2.22. The number of hydrogen-bond acceptors (Lipinski definition) is 2. The van der Waals surface area contributed by atoms with E-state index < -0.39 is 0 Å². The molecule has 2 atom stereocenters. The second-order valence-corrected chi connectivity index (χ2v) is 5.14. The average molecular weight is 261 g/mol. The highest BCUT2D eigenvalue weighted by atomic mass is 15.1. The van der Waals surface area contributed by atoms with Gasteiger partial charge in [-0.1, -0.05) is 41.5 Å². The van der Waals surface area contributed by atoms with Crippen molar-refractivity contribution in [2.75, 3.05) is 41.3 Å². The predicted molar refractivity (Wildman–Crippen MR) is 87.4 cm³/mol. The molecule has 114 valence electrons. The Kier molecular flexibility index (Phi) is 21.7. The first kappa shape index (κ1) is 23.0. The van der Waals surface area contributed by atoms with Crippen LogP contribution in [0.15, 0.2) is 0 Å². The summed E-state index contributed by atoms with van der Waals surface area (Å²) in [7, 11) is 8.60. The summed E-state index contributed by atoms with van der Waals surface area (Å²) in [5.41, 5.74) is 0. The molecule has 2 nitrogen and oxygen atoms in total. The van der Waals surface area contributed by atoms with E-state index in [0.717, 1.165) is 11.8 Å². The van der Waals surface area contributed by atoms with Crippen LogP contribution in [0.3, 0.4) is 0 Å². The fourth-order valence-electron chi connectivity index (χ4n) is 1.49. The van der Waals surface area contributed by atoms with Crippen molar-refractivity contribution >= 4 is 0 Å². The van der Waals surface area contributed by atoms with E-state index in [4.69, 9.17) is 0 Å². The summed E-state index contributed by atoms with van der Waals surface area (Å²) in [6.45, 7) is 15.2. The van der Waals surface area contributed by atoms with E-state index in [1.165, 1.54) is 25.9 Å². The van der Waals surface area contributed by atoms with Gasteiger partial charge in [-0.25, -0.2) is 0 Å². The van der Waals surface area contributed by atoms with Crippen molar-refractivity contribution in [3.05, 3.63) is 0 Å². The van der Waals surface area contributed by atoms with Gasteiger partial charge in [-0.15, -0.1) is 0 Å². The third-order valence-electron chi connectivity index (χ3n) is 3.03. The molecule has 18 heavy (non-hydrogen) atoms. The summed E-state index contributed by atoms with van der Waals surface area (Å²) in [4.78, 5) is 4.55. The van der Waals surface area contributed by atoms with Gasteiger partial charge < -0.3 is 9.80 Å². The monoisotopic (exact) mass is 260 g/mol. The molecule has 0 radical (unpaired) electrons. The first-order chi connectivity index (χ1) is 8.43. The number of nitrogens with zero attached hydrogens (tertiary/aromatic N) is 2. The topological polar surface area (TPSA) is 6.48 Å². The van der Waals surface area contributed by atoms with Crippen LogP contribution >= 0.6 is 0 Å². The lowest BCUT2D eigenvalue weighted by Gasteiger charge is -2.23. The van der Waals surface area contributed by atoms with Gasteiger partial charge in [0.25, 0.3) is 0 Å². The van der Waals surface area contributed by atoms with Gasteiger partial charge in [-0.2, -0.15) is 0 Å². The van der Waals surface area contributed by atoms with Crippen LogP contribution in [-0.4, -0.2) is 51.1 Å². The highest BCUT2D eigenvalue weighted by molar-refractivity contribution is 4.64. The molecule has 0 aliphatic rings. The third kappa shape index (κ3) is 18.3. The zero-order chi connectivity index (χ0) is 15.1. The van der Waals surface area contributed by atoms with Gasteiger partial charge in [-0.05, 0) is 66.0 Å². The van der Waals surface area contributed by atoms with Crippen molar-refractivity contribution in [2.45, 2.75) is 54.4 Å². The standard InChI is InChI=1S/C12H28N2.2C2H6/c1-11(7-9-13(3)4)12(2)8-10-14(5)6;2*1-2/h11-12H,7-10H2,1-6H3;2*1-2H3.